The molecule has 0 spiro atoms. The number of rotatable bonds is 3. The Balaban J connectivity index is 2.38. The highest BCUT2D eigenvalue weighted by atomic mass is 16.5. The first-order valence-electron chi connectivity index (χ1n) is 5.80. The fourth-order valence-corrected chi connectivity index (χ4v) is 2.08. The van der Waals surface area contributed by atoms with Crippen LogP contribution in [0.1, 0.15) is 25.3 Å². The molecule has 1 aliphatic heterocycles. The Bertz CT molecular complexity index is 511. The molecule has 17 heavy (non-hydrogen) atoms. The SMILES string of the molecule is CCc1c(O)n(CC2CCCO2)c(=O)[nH]c1=O. The van der Waals surface area contributed by atoms with Crippen molar-refractivity contribution in [2.45, 2.75) is 38.8 Å². The summed E-state index contributed by atoms with van der Waals surface area (Å²) < 4.78 is 6.58. The number of H-pyrrole nitrogens is 1. The number of aromatic amines is 1. The molecule has 1 aliphatic rings. The van der Waals surface area contributed by atoms with E-state index in [2.05, 4.69) is 4.98 Å². The molecule has 1 aromatic rings. The maximum absolute atomic E-state index is 11.6. The summed E-state index contributed by atoms with van der Waals surface area (Å²) in [4.78, 5) is 25.2. The first-order valence-corrected chi connectivity index (χ1v) is 5.80. The number of aromatic hydroxyl groups is 1. The number of aromatic nitrogens is 2. The second-order valence-corrected chi connectivity index (χ2v) is 4.16. The molecular formula is C11H16N2O4. The molecular weight excluding hydrogens is 224 g/mol. The van der Waals surface area contributed by atoms with Crippen molar-refractivity contribution >= 4 is 0 Å². The number of ether oxygens (including phenoxy) is 1. The van der Waals surface area contributed by atoms with E-state index in [1.54, 1.807) is 6.92 Å². The van der Waals surface area contributed by atoms with Gasteiger partial charge < -0.3 is 9.84 Å². The van der Waals surface area contributed by atoms with Crippen molar-refractivity contribution in [3.63, 3.8) is 0 Å². The topological polar surface area (TPSA) is 84.3 Å². The highest BCUT2D eigenvalue weighted by Crippen LogP contribution is 2.17. The molecule has 0 amide bonds. The third-order valence-electron chi connectivity index (χ3n) is 3.03. The Morgan fingerprint density at radius 2 is 2.29 bits per heavy atom. The van der Waals surface area contributed by atoms with Crippen LogP contribution in [0.4, 0.5) is 0 Å². The van der Waals surface area contributed by atoms with E-state index >= 15 is 0 Å². The molecule has 1 unspecified atom stereocenters. The van der Waals surface area contributed by atoms with Crippen LogP contribution in [0.5, 0.6) is 5.88 Å². The molecule has 0 bridgehead atoms. The van der Waals surface area contributed by atoms with E-state index in [1.807, 2.05) is 0 Å². The molecule has 0 saturated carbocycles. The fourth-order valence-electron chi connectivity index (χ4n) is 2.08. The van der Waals surface area contributed by atoms with Crippen molar-refractivity contribution in [3.05, 3.63) is 26.4 Å². The van der Waals surface area contributed by atoms with Gasteiger partial charge in [-0.1, -0.05) is 6.92 Å². The highest BCUT2D eigenvalue weighted by molar-refractivity contribution is 5.22. The van der Waals surface area contributed by atoms with Gasteiger partial charge in [-0.15, -0.1) is 0 Å². The predicted molar refractivity (Wildman–Crippen MR) is 61.3 cm³/mol. The van der Waals surface area contributed by atoms with E-state index in [0.29, 0.717) is 13.0 Å². The zero-order chi connectivity index (χ0) is 12.4. The molecule has 1 fully saturated rings. The standard InChI is InChI=1S/C11H16N2O4/c1-2-8-9(14)12-11(16)13(10(8)15)6-7-4-3-5-17-7/h7,15H,2-6H2,1H3,(H,12,14,16). The van der Waals surface area contributed by atoms with Gasteiger partial charge in [0.15, 0.2) is 0 Å². The van der Waals surface area contributed by atoms with Gasteiger partial charge >= 0.3 is 5.69 Å². The summed E-state index contributed by atoms with van der Waals surface area (Å²) >= 11 is 0. The van der Waals surface area contributed by atoms with Gasteiger partial charge in [-0.2, -0.15) is 0 Å². The second-order valence-electron chi connectivity index (χ2n) is 4.16. The van der Waals surface area contributed by atoms with Crippen molar-refractivity contribution in [1.82, 2.24) is 9.55 Å². The Morgan fingerprint density at radius 1 is 1.53 bits per heavy atom. The minimum atomic E-state index is -0.583. The smallest absolute Gasteiger partial charge is 0.331 e. The van der Waals surface area contributed by atoms with Gasteiger partial charge in [0.2, 0.25) is 5.88 Å². The molecule has 1 aromatic heterocycles. The molecule has 2 N–H and O–H groups in total. The zero-order valence-corrected chi connectivity index (χ0v) is 9.73. The third-order valence-corrected chi connectivity index (χ3v) is 3.03. The molecule has 2 rings (SSSR count). The molecule has 2 heterocycles. The summed E-state index contributed by atoms with van der Waals surface area (Å²) in [6.45, 7) is 2.73. The van der Waals surface area contributed by atoms with Crippen LogP contribution in [-0.2, 0) is 17.7 Å². The Labute approximate surface area is 97.9 Å². The fraction of sp³-hybridized carbons (Fsp3) is 0.636. The molecule has 1 atom stereocenters. The average Bonchev–Trinajstić information content (AvgIpc) is 2.77. The number of hydrogen-bond donors (Lipinski definition) is 2. The van der Waals surface area contributed by atoms with E-state index in [-0.39, 0.29) is 24.1 Å². The van der Waals surface area contributed by atoms with Gasteiger partial charge in [-0.3, -0.25) is 14.3 Å². The highest BCUT2D eigenvalue weighted by Gasteiger charge is 2.20. The van der Waals surface area contributed by atoms with E-state index < -0.39 is 11.2 Å². The van der Waals surface area contributed by atoms with Crippen LogP contribution in [-0.4, -0.2) is 27.4 Å². The van der Waals surface area contributed by atoms with Gasteiger partial charge in [0.05, 0.1) is 18.2 Å². The lowest BCUT2D eigenvalue weighted by molar-refractivity contribution is 0.0933. The van der Waals surface area contributed by atoms with Gasteiger partial charge in [0.1, 0.15) is 0 Å². The molecule has 0 aliphatic carbocycles. The summed E-state index contributed by atoms with van der Waals surface area (Å²) in [5, 5.41) is 9.90. The molecule has 94 valence electrons. The van der Waals surface area contributed by atoms with Gasteiger partial charge in [-0.25, -0.2) is 4.79 Å². The number of hydrogen-bond acceptors (Lipinski definition) is 4. The van der Waals surface area contributed by atoms with Crippen LogP contribution < -0.4 is 11.2 Å². The monoisotopic (exact) mass is 240 g/mol. The minimum absolute atomic E-state index is 0.0609. The van der Waals surface area contributed by atoms with E-state index in [1.165, 1.54) is 4.57 Å². The van der Waals surface area contributed by atoms with Crippen LogP contribution in [0.2, 0.25) is 0 Å². The predicted octanol–water partition coefficient (Wildman–Crippen LogP) is -0.0164. The van der Waals surface area contributed by atoms with Gasteiger partial charge in [-0.05, 0) is 19.3 Å². The van der Waals surface area contributed by atoms with Gasteiger partial charge in [0.25, 0.3) is 5.56 Å². The number of nitrogens with zero attached hydrogens (tertiary/aromatic N) is 1. The Morgan fingerprint density at radius 3 is 2.88 bits per heavy atom. The molecule has 6 heteroatoms. The Hall–Kier alpha value is -1.56. The molecule has 1 saturated heterocycles. The number of nitrogens with one attached hydrogen (secondary N) is 1. The molecule has 0 radical (unpaired) electrons. The van der Waals surface area contributed by atoms with Crippen molar-refractivity contribution in [1.29, 1.82) is 0 Å². The minimum Gasteiger partial charge on any atom is -0.494 e. The summed E-state index contributed by atoms with van der Waals surface area (Å²) in [7, 11) is 0. The van der Waals surface area contributed by atoms with Crippen molar-refractivity contribution in [3.8, 4) is 5.88 Å². The summed E-state index contributed by atoms with van der Waals surface area (Å²) in [5.41, 5.74) is -0.860. The van der Waals surface area contributed by atoms with E-state index in [9.17, 15) is 14.7 Å². The van der Waals surface area contributed by atoms with Crippen molar-refractivity contribution < 1.29 is 9.84 Å². The quantitative estimate of drug-likeness (QED) is 0.778. The Kier molecular flexibility index (Phi) is 3.33. The average molecular weight is 240 g/mol. The largest absolute Gasteiger partial charge is 0.494 e. The summed E-state index contributed by atoms with van der Waals surface area (Å²) in [6, 6.07) is 0. The van der Waals surface area contributed by atoms with E-state index in [4.69, 9.17) is 4.74 Å². The van der Waals surface area contributed by atoms with Crippen LogP contribution >= 0.6 is 0 Å². The van der Waals surface area contributed by atoms with Crippen LogP contribution in [0.3, 0.4) is 0 Å². The molecule has 6 nitrogen and oxygen atoms in total. The summed E-state index contributed by atoms with van der Waals surface area (Å²) in [6.07, 6.45) is 2.15. The summed E-state index contributed by atoms with van der Waals surface area (Å²) in [5.74, 6) is -0.239. The lowest BCUT2D eigenvalue weighted by atomic mass is 10.2. The van der Waals surface area contributed by atoms with Gasteiger partial charge in [0, 0.05) is 6.61 Å². The van der Waals surface area contributed by atoms with Crippen LogP contribution in [0.25, 0.3) is 0 Å². The maximum Gasteiger partial charge on any atom is 0.331 e. The van der Waals surface area contributed by atoms with Crippen LogP contribution in [0.15, 0.2) is 9.59 Å². The first-order chi connectivity index (χ1) is 8.13. The van der Waals surface area contributed by atoms with Crippen LogP contribution in [0, 0.1) is 0 Å². The van der Waals surface area contributed by atoms with E-state index in [0.717, 1.165) is 12.8 Å². The third kappa shape index (κ3) is 2.26. The zero-order valence-electron chi connectivity index (χ0n) is 9.73. The maximum atomic E-state index is 11.6. The second kappa shape index (κ2) is 4.75. The van der Waals surface area contributed by atoms with Crippen molar-refractivity contribution in [2.75, 3.05) is 6.61 Å². The normalized spacial score (nSPS) is 19.7. The lowest BCUT2D eigenvalue weighted by Crippen LogP contribution is -2.34. The first kappa shape index (κ1) is 11.9. The lowest BCUT2D eigenvalue weighted by Gasteiger charge is -2.14. The van der Waals surface area contributed by atoms with Crippen molar-refractivity contribution in [2.24, 2.45) is 0 Å². The molecule has 0 aromatic carbocycles.